The topological polar surface area (TPSA) is 74.7 Å². The first-order valence-corrected chi connectivity index (χ1v) is 8.66. The number of carboxylic acid groups (broad SMARTS) is 1. The van der Waals surface area contributed by atoms with Crippen LogP contribution in [-0.2, 0) is 9.59 Å². The van der Waals surface area contributed by atoms with Gasteiger partial charge in [-0.1, -0.05) is 23.7 Å². The van der Waals surface area contributed by atoms with Gasteiger partial charge in [-0.25, -0.2) is 0 Å². The maximum absolute atomic E-state index is 12.9. The van der Waals surface area contributed by atoms with Crippen LogP contribution in [0, 0.1) is 0 Å². The van der Waals surface area contributed by atoms with E-state index in [4.69, 9.17) is 16.7 Å². The first-order valence-electron chi connectivity index (χ1n) is 7.00. The van der Waals surface area contributed by atoms with E-state index in [2.05, 4.69) is 0 Å². The van der Waals surface area contributed by atoms with Gasteiger partial charge in [-0.3, -0.25) is 14.4 Å². The molecule has 1 aliphatic rings. The Hall–Kier alpha value is -1.79. The number of benzene rings is 1. The summed E-state index contributed by atoms with van der Waals surface area (Å²) >= 11 is 7.41. The molecule has 1 amide bonds. The number of aliphatic carboxylic acids is 1. The summed E-state index contributed by atoms with van der Waals surface area (Å²) in [5, 5.41) is 8.87. The predicted molar refractivity (Wildman–Crippen MR) is 89.8 cm³/mol. The average Bonchev–Trinajstić information content (AvgIpc) is 2.78. The summed E-state index contributed by atoms with van der Waals surface area (Å²) in [5.74, 6) is -1.93. The van der Waals surface area contributed by atoms with Gasteiger partial charge in [0.1, 0.15) is 5.37 Å². The SMILES string of the molecule is CCN1C(=O)C(CC(=O)O)=C(C(=O)c2ccccc2Cl)C1SC. The summed E-state index contributed by atoms with van der Waals surface area (Å²) in [6.07, 6.45) is 1.31. The number of halogens is 1. The minimum atomic E-state index is -1.14. The minimum absolute atomic E-state index is 0.0450. The molecule has 1 unspecified atom stereocenters. The Balaban J connectivity index is 2.58. The highest BCUT2D eigenvalue weighted by Crippen LogP contribution is 2.36. The molecule has 0 saturated heterocycles. The zero-order valence-corrected chi connectivity index (χ0v) is 14.3. The van der Waals surface area contributed by atoms with Crippen molar-refractivity contribution in [2.45, 2.75) is 18.7 Å². The van der Waals surface area contributed by atoms with Crippen LogP contribution in [0.3, 0.4) is 0 Å². The van der Waals surface area contributed by atoms with E-state index >= 15 is 0 Å². The second kappa shape index (κ2) is 7.19. The molecule has 0 aliphatic carbocycles. The highest BCUT2D eigenvalue weighted by molar-refractivity contribution is 7.99. The maximum Gasteiger partial charge on any atom is 0.308 e. The summed E-state index contributed by atoms with van der Waals surface area (Å²) in [7, 11) is 0. The number of likely N-dealkylation sites (N-methyl/N-ethyl adjacent to an activating group) is 1. The van der Waals surface area contributed by atoms with Crippen LogP contribution in [0.5, 0.6) is 0 Å². The number of amides is 1. The van der Waals surface area contributed by atoms with E-state index in [-0.39, 0.29) is 21.7 Å². The van der Waals surface area contributed by atoms with Crippen LogP contribution < -0.4 is 0 Å². The second-order valence-electron chi connectivity index (χ2n) is 4.95. The van der Waals surface area contributed by atoms with Gasteiger partial charge in [-0.15, -0.1) is 11.8 Å². The largest absolute Gasteiger partial charge is 0.481 e. The van der Waals surface area contributed by atoms with Crippen molar-refractivity contribution in [3.63, 3.8) is 0 Å². The monoisotopic (exact) mass is 353 g/mol. The maximum atomic E-state index is 12.9. The Morgan fingerprint density at radius 1 is 1.35 bits per heavy atom. The molecule has 7 heteroatoms. The summed E-state index contributed by atoms with van der Waals surface area (Å²) in [4.78, 5) is 38.0. The van der Waals surface area contributed by atoms with E-state index in [0.29, 0.717) is 6.54 Å². The first-order chi connectivity index (χ1) is 10.9. The number of carbonyl (C=O) groups is 3. The van der Waals surface area contributed by atoms with Crippen molar-refractivity contribution in [2.24, 2.45) is 0 Å². The Morgan fingerprint density at radius 3 is 2.52 bits per heavy atom. The van der Waals surface area contributed by atoms with Crippen molar-refractivity contribution in [3.8, 4) is 0 Å². The number of ketones is 1. The summed E-state index contributed by atoms with van der Waals surface area (Å²) in [6, 6.07) is 6.55. The lowest BCUT2D eigenvalue weighted by Crippen LogP contribution is -2.34. The van der Waals surface area contributed by atoms with E-state index < -0.39 is 29.5 Å². The van der Waals surface area contributed by atoms with Crippen molar-refractivity contribution in [3.05, 3.63) is 46.0 Å². The average molecular weight is 354 g/mol. The molecule has 0 spiro atoms. The molecule has 0 fully saturated rings. The fourth-order valence-corrected chi connectivity index (χ4v) is 3.82. The predicted octanol–water partition coefficient (Wildman–Crippen LogP) is 2.85. The number of rotatable bonds is 6. The van der Waals surface area contributed by atoms with E-state index in [0.717, 1.165) is 0 Å². The van der Waals surface area contributed by atoms with Crippen molar-refractivity contribution in [2.75, 3.05) is 12.8 Å². The summed E-state index contributed by atoms with van der Waals surface area (Å²) in [6.45, 7) is 2.19. The Morgan fingerprint density at radius 2 is 2.00 bits per heavy atom. The molecular formula is C16H16ClNO4S. The molecule has 1 atom stereocenters. The molecule has 1 aromatic rings. The van der Waals surface area contributed by atoms with Crippen LogP contribution >= 0.6 is 23.4 Å². The molecule has 1 aliphatic heterocycles. The van der Waals surface area contributed by atoms with Gasteiger partial charge in [-0.2, -0.15) is 0 Å². The molecule has 2 rings (SSSR count). The number of carbonyl (C=O) groups excluding carboxylic acids is 2. The third kappa shape index (κ3) is 3.28. The smallest absolute Gasteiger partial charge is 0.308 e. The first kappa shape index (κ1) is 17.6. The number of Topliss-reactive ketones (excluding diaryl/α,β-unsaturated/α-hetero) is 1. The second-order valence-corrected chi connectivity index (χ2v) is 6.28. The summed E-state index contributed by atoms with van der Waals surface area (Å²) in [5.41, 5.74) is 0.542. The van der Waals surface area contributed by atoms with E-state index in [1.165, 1.54) is 16.7 Å². The molecule has 1 heterocycles. The fourth-order valence-electron chi connectivity index (χ4n) is 2.62. The van der Waals surface area contributed by atoms with Crippen LogP contribution in [0.15, 0.2) is 35.4 Å². The molecule has 0 radical (unpaired) electrons. The molecule has 5 nitrogen and oxygen atoms in total. The third-order valence-corrected chi connectivity index (χ3v) is 4.90. The highest BCUT2D eigenvalue weighted by Gasteiger charge is 2.42. The van der Waals surface area contributed by atoms with Crippen molar-refractivity contribution in [1.82, 2.24) is 4.90 Å². The van der Waals surface area contributed by atoms with Crippen molar-refractivity contribution in [1.29, 1.82) is 0 Å². The number of hydrogen-bond donors (Lipinski definition) is 1. The lowest BCUT2D eigenvalue weighted by Gasteiger charge is -2.23. The highest BCUT2D eigenvalue weighted by atomic mass is 35.5. The minimum Gasteiger partial charge on any atom is -0.481 e. The zero-order valence-electron chi connectivity index (χ0n) is 12.7. The van der Waals surface area contributed by atoms with Gasteiger partial charge in [-0.05, 0) is 25.3 Å². The normalized spacial score (nSPS) is 17.8. The Kier molecular flexibility index (Phi) is 5.49. The van der Waals surface area contributed by atoms with Gasteiger partial charge in [0.15, 0.2) is 5.78 Å². The third-order valence-electron chi connectivity index (χ3n) is 3.63. The molecule has 0 bridgehead atoms. The molecule has 0 saturated carbocycles. The fraction of sp³-hybridized carbons (Fsp3) is 0.312. The molecule has 1 N–H and O–H groups in total. The van der Waals surface area contributed by atoms with Crippen molar-refractivity contribution >= 4 is 41.0 Å². The van der Waals surface area contributed by atoms with Crippen LogP contribution in [0.4, 0.5) is 0 Å². The lowest BCUT2D eigenvalue weighted by molar-refractivity contribution is -0.137. The number of hydrogen-bond acceptors (Lipinski definition) is 4. The van der Waals surface area contributed by atoms with E-state index in [1.807, 2.05) is 0 Å². The molecular weight excluding hydrogens is 338 g/mol. The van der Waals surface area contributed by atoms with E-state index in [9.17, 15) is 14.4 Å². The number of nitrogens with zero attached hydrogens (tertiary/aromatic N) is 1. The van der Waals surface area contributed by atoms with Gasteiger partial charge >= 0.3 is 5.97 Å². The lowest BCUT2D eigenvalue weighted by atomic mass is 9.98. The van der Waals surface area contributed by atoms with E-state index in [1.54, 1.807) is 37.4 Å². The molecule has 0 aromatic heterocycles. The van der Waals surface area contributed by atoms with Gasteiger partial charge in [0.2, 0.25) is 0 Å². The van der Waals surface area contributed by atoms with Crippen LogP contribution in [0.2, 0.25) is 5.02 Å². The van der Waals surface area contributed by atoms with Gasteiger partial charge < -0.3 is 10.0 Å². The summed E-state index contributed by atoms with van der Waals surface area (Å²) < 4.78 is 0. The van der Waals surface area contributed by atoms with Gasteiger partial charge in [0.25, 0.3) is 5.91 Å². The van der Waals surface area contributed by atoms with Crippen LogP contribution in [0.1, 0.15) is 23.7 Å². The molecule has 1 aromatic carbocycles. The zero-order chi connectivity index (χ0) is 17.1. The quantitative estimate of drug-likeness (QED) is 0.796. The standard InChI is InChI=1S/C16H16ClNO4S/c1-3-18-15(22)10(8-12(19)20)13(16(18)23-2)14(21)9-6-4-5-7-11(9)17/h4-7,16H,3,8H2,1-2H3,(H,19,20). The molecule has 122 valence electrons. The number of carboxylic acids is 1. The number of thioether (sulfide) groups is 1. The van der Waals surface area contributed by atoms with Gasteiger partial charge in [0, 0.05) is 23.3 Å². The van der Waals surface area contributed by atoms with Crippen molar-refractivity contribution < 1.29 is 19.5 Å². The molecule has 23 heavy (non-hydrogen) atoms. The van der Waals surface area contributed by atoms with Crippen LogP contribution in [0.25, 0.3) is 0 Å². The van der Waals surface area contributed by atoms with Gasteiger partial charge in [0.05, 0.1) is 11.4 Å². The van der Waals surface area contributed by atoms with Crippen LogP contribution in [-0.4, -0.2) is 45.8 Å². The Labute approximate surface area is 143 Å². The Bertz CT molecular complexity index is 701.